The number of aliphatic hydroxyl groups is 2. The van der Waals surface area contributed by atoms with Crippen LogP contribution in [-0.2, 0) is 16.1 Å². The number of nitrogens with two attached hydrogens (primary N) is 1. The van der Waals surface area contributed by atoms with Crippen molar-refractivity contribution in [3.05, 3.63) is 59.4 Å². The summed E-state index contributed by atoms with van der Waals surface area (Å²) >= 11 is 0. The van der Waals surface area contributed by atoms with E-state index in [4.69, 9.17) is 36.5 Å². The Hall–Kier alpha value is 0.624. The van der Waals surface area contributed by atoms with Crippen molar-refractivity contribution in [1.82, 2.24) is 9.97 Å². The number of nitrogens with zero attached hydrogens (tertiary/aromatic N) is 4. The summed E-state index contributed by atoms with van der Waals surface area (Å²) in [7, 11) is 0. The molecule has 0 saturated carbocycles. The third-order valence-corrected chi connectivity index (χ3v) is 2.63. The summed E-state index contributed by atoms with van der Waals surface area (Å²) in [5.41, 5.74) is 6.00. The van der Waals surface area contributed by atoms with Crippen molar-refractivity contribution in [2.75, 3.05) is 19.8 Å². The summed E-state index contributed by atoms with van der Waals surface area (Å²) in [5, 5.41) is 41.6. The molecule has 0 fully saturated rings. The number of pyridine rings is 2. The number of aliphatic hydroxyl groups excluding tert-OH is 2. The zero-order chi connectivity index (χ0) is 22.3. The van der Waals surface area contributed by atoms with E-state index in [1.807, 2.05) is 12.1 Å². The average molecular weight is 673 g/mol. The number of hydrogen-bond donors (Lipinski definition) is 3. The fourth-order valence-electron chi connectivity index (χ4n) is 1.48. The minimum atomic E-state index is -0.569. The van der Waals surface area contributed by atoms with Gasteiger partial charge in [-0.1, -0.05) is 6.07 Å². The summed E-state index contributed by atoms with van der Waals surface area (Å²) in [5.74, 6) is -0.569. The van der Waals surface area contributed by atoms with E-state index in [9.17, 15) is 4.39 Å². The van der Waals surface area contributed by atoms with Gasteiger partial charge in [0.2, 0.25) is 0 Å². The monoisotopic (exact) mass is 673 g/mol. The first-order valence-electron chi connectivity index (χ1n) is 8.04. The Morgan fingerprint density at radius 2 is 1.61 bits per heavy atom. The standard InChI is InChI=1S/C9H10N2O.C6H3FN2.C2H7NO.CH2O3.2Cs.H/c10-7-9-8(4-2-6-12)3-1-5-11-9;7-5-2-1-3-9-6(5)4-8;3-1-2-4;2-1-4-3;;;/h1,3,5,12H,2,4,6H2;1-3H;4H,1-3H2;1,3H;;;/q;;;;2*+1;-1/p-1. The van der Waals surface area contributed by atoms with E-state index in [0.29, 0.717) is 25.1 Å². The molecule has 0 aromatic carbocycles. The SMILES string of the molecule is N#Cc1ncccc1CCCO.N#Cc1ncccc1F.NCCO.O=CO[O-].[Cs+].[Cs+].[H-]. The first-order valence-corrected chi connectivity index (χ1v) is 8.04. The molecule has 0 saturated heterocycles. The van der Waals surface area contributed by atoms with Crippen molar-refractivity contribution in [1.29, 1.82) is 10.5 Å². The molecule has 2 heterocycles. The molecule has 10 nitrogen and oxygen atoms in total. The van der Waals surface area contributed by atoms with E-state index < -0.39 is 5.82 Å². The molecule has 2 aromatic rings. The predicted molar refractivity (Wildman–Crippen MR) is 97.7 cm³/mol. The maximum Gasteiger partial charge on any atom is 1.00 e. The normalized spacial score (nSPS) is 7.71. The number of nitriles is 2. The van der Waals surface area contributed by atoms with Crippen LogP contribution in [0.2, 0.25) is 0 Å². The third-order valence-electron chi connectivity index (χ3n) is 2.63. The Bertz CT molecular complexity index is 780. The fraction of sp³-hybridized carbons (Fsp3) is 0.278. The van der Waals surface area contributed by atoms with Crippen molar-refractivity contribution >= 4 is 6.47 Å². The van der Waals surface area contributed by atoms with Crippen LogP contribution in [0.1, 0.15) is 24.8 Å². The molecule has 0 atom stereocenters. The number of aryl methyl sites for hydroxylation is 1. The van der Waals surface area contributed by atoms with E-state index in [1.165, 1.54) is 18.3 Å². The van der Waals surface area contributed by atoms with Crippen molar-refractivity contribution < 1.29 is 169 Å². The Balaban J connectivity index is -0.000000109. The maximum absolute atomic E-state index is 12.3. The first-order chi connectivity index (χ1) is 14.1. The van der Waals surface area contributed by atoms with Crippen LogP contribution in [0.15, 0.2) is 36.7 Å². The smallest absolute Gasteiger partial charge is 1.00 e. The second-order valence-electron chi connectivity index (χ2n) is 4.60. The van der Waals surface area contributed by atoms with Gasteiger partial charge in [0.25, 0.3) is 6.47 Å². The molecule has 2 rings (SSSR count). The summed E-state index contributed by atoms with van der Waals surface area (Å²) < 4.78 is 12.3. The Morgan fingerprint density at radius 3 is 1.97 bits per heavy atom. The molecule has 0 aliphatic rings. The molecule has 158 valence electrons. The van der Waals surface area contributed by atoms with Gasteiger partial charge in [-0.15, -0.1) is 0 Å². The van der Waals surface area contributed by atoms with Crippen LogP contribution in [0.25, 0.3) is 0 Å². The number of carbonyl (C=O) groups is 1. The van der Waals surface area contributed by atoms with E-state index in [-0.39, 0.29) is 165 Å². The van der Waals surface area contributed by atoms with Gasteiger partial charge in [0.05, 0.1) is 6.61 Å². The van der Waals surface area contributed by atoms with E-state index in [2.05, 4.69) is 14.9 Å². The second-order valence-corrected chi connectivity index (χ2v) is 4.60. The van der Waals surface area contributed by atoms with Crippen molar-refractivity contribution in [3.63, 3.8) is 0 Å². The summed E-state index contributed by atoms with van der Waals surface area (Å²) in [6.07, 6.45) is 4.37. The molecule has 4 N–H and O–H groups in total. The van der Waals surface area contributed by atoms with Crippen LogP contribution in [0.3, 0.4) is 0 Å². The molecule has 0 aliphatic heterocycles. The van der Waals surface area contributed by atoms with Gasteiger partial charge in [-0.3, -0.25) is 4.79 Å². The van der Waals surface area contributed by atoms with Crippen LogP contribution in [0.5, 0.6) is 0 Å². The summed E-state index contributed by atoms with van der Waals surface area (Å²) in [6.45, 7) is 0.444. The number of rotatable bonds is 5. The van der Waals surface area contributed by atoms with Crippen LogP contribution in [0.4, 0.5) is 4.39 Å². The zero-order valence-corrected chi connectivity index (χ0v) is 30.0. The number of hydrogen-bond acceptors (Lipinski definition) is 10. The number of halogens is 1. The van der Waals surface area contributed by atoms with Gasteiger partial charge in [-0.05, 0) is 36.6 Å². The van der Waals surface area contributed by atoms with Gasteiger partial charge < -0.3 is 27.5 Å². The molecule has 0 spiro atoms. The largest absolute Gasteiger partial charge is 1.00 e. The maximum atomic E-state index is 12.3. The molecule has 0 aliphatic carbocycles. The van der Waals surface area contributed by atoms with Crippen molar-refractivity contribution in [2.45, 2.75) is 12.8 Å². The quantitative estimate of drug-likeness (QED) is 0.157. The van der Waals surface area contributed by atoms with Gasteiger partial charge in [0, 0.05) is 25.5 Å². The Morgan fingerprint density at radius 1 is 1.13 bits per heavy atom. The number of carbonyl (C=O) groups excluding carboxylic acids is 1. The van der Waals surface area contributed by atoms with Crippen molar-refractivity contribution in [2.24, 2.45) is 5.73 Å². The molecular formula is C18H22Cs2FN5O5. The second kappa shape index (κ2) is 30.6. The van der Waals surface area contributed by atoms with Gasteiger partial charge in [0.15, 0.2) is 11.5 Å². The molecule has 31 heavy (non-hydrogen) atoms. The van der Waals surface area contributed by atoms with Crippen LogP contribution in [0, 0.1) is 28.5 Å². The minimum absolute atomic E-state index is 0. The summed E-state index contributed by atoms with van der Waals surface area (Å²) in [4.78, 5) is 18.6. The third kappa shape index (κ3) is 23.6. The fourth-order valence-corrected chi connectivity index (χ4v) is 1.48. The Kier molecular flexibility index (Phi) is 38.4. The molecule has 13 heteroatoms. The van der Waals surface area contributed by atoms with Gasteiger partial charge in [-0.2, -0.15) is 10.5 Å². The van der Waals surface area contributed by atoms with Gasteiger partial charge >= 0.3 is 138 Å². The molecule has 2 aromatic heterocycles. The van der Waals surface area contributed by atoms with Crippen LogP contribution in [-0.4, -0.2) is 46.4 Å². The summed E-state index contributed by atoms with van der Waals surface area (Å²) in [6, 6.07) is 9.92. The van der Waals surface area contributed by atoms with Gasteiger partial charge in [0.1, 0.15) is 17.8 Å². The minimum Gasteiger partial charge on any atom is -1.00 e. The first kappa shape index (κ1) is 38.9. The predicted octanol–water partition coefficient (Wildman–Crippen LogP) is -6.54. The zero-order valence-electron chi connectivity index (χ0n) is 18.4. The van der Waals surface area contributed by atoms with Crippen LogP contribution < -0.4 is 149 Å². The number of aromatic nitrogens is 2. The molecular weight excluding hydrogens is 651 g/mol. The Labute approximate surface area is 299 Å². The molecule has 0 bridgehead atoms. The average Bonchev–Trinajstić information content (AvgIpc) is 2.79. The topological polar surface area (TPSA) is 189 Å². The van der Waals surface area contributed by atoms with E-state index in [0.717, 1.165) is 5.56 Å². The van der Waals surface area contributed by atoms with E-state index in [1.54, 1.807) is 18.3 Å². The molecule has 0 unspecified atom stereocenters. The van der Waals surface area contributed by atoms with Crippen molar-refractivity contribution in [3.8, 4) is 12.1 Å². The molecule has 0 radical (unpaired) electrons. The van der Waals surface area contributed by atoms with Crippen LogP contribution >= 0.6 is 0 Å². The van der Waals surface area contributed by atoms with Gasteiger partial charge in [-0.25, -0.2) is 14.4 Å². The molecule has 0 amide bonds. The van der Waals surface area contributed by atoms with E-state index >= 15 is 0 Å².